The van der Waals surface area contributed by atoms with Gasteiger partial charge < -0.3 is 49.4 Å². The number of aliphatic hydroxyl groups excluding tert-OH is 3. The van der Waals surface area contributed by atoms with Crippen molar-refractivity contribution in [3.63, 3.8) is 0 Å². The highest BCUT2D eigenvalue weighted by atomic mass is 16.5. The van der Waals surface area contributed by atoms with E-state index in [0.29, 0.717) is 46.8 Å². The molecule has 300 valence electrons. The molecule has 0 amide bonds. The number of allylic oxidation sites excluding steroid dienone is 2. The molecular formula is C46H52N2O9. The highest BCUT2D eigenvalue weighted by Crippen LogP contribution is 2.58. The first-order valence-electron chi connectivity index (χ1n) is 20.1. The van der Waals surface area contributed by atoms with Crippen molar-refractivity contribution < 1.29 is 44.1 Å². The molecule has 0 radical (unpaired) electrons. The molecule has 2 aliphatic heterocycles. The van der Waals surface area contributed by atoms with Gasteiger partial charge in [-0.1, -0.05) is 50.3 Å². The SMILES string of the molecule is CCNCOc1cc(OC)c2c3c1C(O)Nc1cc4c(c(c1-3)CC2)C(O)C(c1cc(OC)c(O)c(OCC(CO)C2c3ccccc3C3(C)CC=CC2C3)c1)CO4. The third-order valence-corrected chi connectivity index (χ3v) is 13.1. The van der Waals surface area contributed by atoms with E-state index in [1.54, 1.807) is 19.2 Å². The smallest absolute Gasteiger partial charge is 0.200 e. The Morgan fingerprint density at radius 2 is 1.74 bits per heavy atom. The average molecular weight is 777 g/mol. The van der Waals surface area contributed by atoms with E-state index in [9.17, 15) is 20.4 Å². The minimum atomic E-state index is -1.03. The summed E-state index contributed by atoms with van der Waals surface area (Å²) in [6, 6.07) is 15.8. The van der Waals surface area contributed by atoms with Gasteiger partial charge in [0.25, 0.3) is 0 Å². The number of phenols is 1. The van der Waals surface area contributed by atoms with Crippen molar-refractivity contribution in [2.24, 2.45) is 11.8 Å². The lowest BCUT2D eigenvalue weighted by Gasteiger charge is -2.47. The van der Waals surface area contributed by atoms with Gasteiger partial charge in [-0.3, -0.25) is 5.32 Å². The van der Waals surface area contributed by atoms with Crippen LogP contribution in [0.1, 0.15) is 89.8 Å². The summed E-state index contributed by atoms with van der Waals surface area (Å²) in [5.41, 5.74) is 9.04. The summed E-state index contributed by atoms with van der Waals surface area (Å²) in [4.78, 5) is 0. The summed E-state index contributed by atoms with van der Waals surface area (Å²) >= 11 is 0. The molecule has 3 aliphatic carbocycles. The van der Waals surface area contributed by atoms with Gasteiger partial charge in [-0.05, 0) is 83.9 Å². The average Bonchev–Trinajstić information content (AvgIpc) is 3.21. The maximum absolute atomic E-state index is 12.4. The molecule has 0 saturated heterocycles. The van der Waals surface area contributed by atoms with Crippen LogP contribution in [0.15, 0.2) is 60.7 Å². The first kappa shape index (κ1) is 37.6. The van der Waals surface area contributed by atoms with E-state index in [-0.39, 0.29) is 67.0 Å². The summed E-state index contributed by atoms with van der Waals surface area (Å²) in [5.74, 6) is 1.60. The van der Waals surface area contributed by atoms with Gasteiger partial charge in [-0.25, -0.2) is 0 Å². The Bertz CT molecular complexity index is 2240. The van der Waals surface area contributed by atoms with Crippen LogP contribution < -0.4 is 34.3 Å². The fraction of sp³-hybridized carbons (Fsp3) is 0.435. The van der Waals surface area contributed by atoms with Gasteiger partial charge in [0.1, 0.15) is 24.0 Å². The van der Waals surface area contributed by atoms with Crippen LogP contribution in [0.5, 0.6) is 34.5 Å². The summed E-state index contributed by atoms with van der Waals surface area (Å²) in [7, 11) is 3.13. The van der Waals surface area contributed by atoms with Crippen molar-refractivity contribution in [2.45, 2.75) is 69.1 Å². The molecule has 5 aliphatic rings. The van der Waals surface area contributed by atoms with Crippen LogP contribution in [0.3, 0.4) is 0 Å². The minimum absolute atomic E-state index is 0.0490. The molecule has 0 spiro atoms. The summed E-state index contributed by atoms with van der Waals surface area (Å²) in [6.07, 6.45) is 5.82. The lowest BCUT2D eigenvalue weighted by Crippen LogP contribution is -2.40. The fourth-order valence-corrected chi connectivity index (χ4v) is 10.4. The van der Waals surface area contributed by atoms with Gasteiger partial charge in [-0.2, -0.15) is 0 Å². The van der Waals surface area contributed by atoms with Crippen LogP contribution in [-0.2, 0) is 18.3 Å². The summed E-state index contributed by atoms with van der Waals surface area (Å²) < 4.78 is 30.5. The number of hydrogen-bond acceptors (Lipinski definition) is 11. The molecule has 6 N–H and O–H groups in total. The molecule has 2 bridgehead atoms. The van der Waals surface area contributed by atoms with E-state index < -0.39 is 18.2 Å². The third-order valence-electron chi connectivity index (χ3n) is 13.1. The number of nitrogens with one attached hydrogen (secondary N) is 2. The second-order valence-electron chi connectivity index (χ2n) is 16.3. The zero-order chi connectivity index (χ0) is 39.6. The first-order chi connectivity index (χ1) is 27.7. The second kappa shape index (κ2) is 14.8. The molecule has 4 aromatic rings. The lowest BCUT2D eigenvalue weighted by molar-refractivity contribution is 0.0874. The standard InChI is InChI=1S/C46H52N2O9/c1-5-47-23-57-35-18-33(53-3)28-12-13-29-39-32(48-45(52)42(35)41(28)39)17-34-40(29)43(50)30(22-56-34)25-15-36(54-4)44(51)37(16-25)55-21-26(20-49)38-24-9-8-14-46(2,19-24)31-11-7-6-10-27(31)38/h6-11,15-18,24,26,30,38,43,45,47-52H,5,12-14,19-23H2,1-4H3. The van der Waals surface area contributed by atoms with Gasteiger partial charge in [0.15, 0.2) is 17.7 Å². The van der Waals surface area contributed by atoms with E-state index in [0.717, 1.165) is 47.3 Å². The number of aliphatic hydroxyl groups is 3. The second-order valence-corrected chi connectivity index (χ2v) is 16.3. The van der Waals surface area contributed by atoms with Crippen LogP contribution in [0.2, 0.25) is 0 Å². The molecule has 0 fully saturated rings. The van der Waals surface area contributed by atoms with E-state index in [4.69, 9.17) is 23.7 Å². The molecule has 7 atom stereocenters. The van der Waals surface area contributed by atoms with Crippen LogP contribution in [-0.4, -0.2) is 67.7 Å². The van der Waals surface area contributed by atoms with E-state index in [1.165, 1.54) is 18.2 Å². The zero-order valence-electron chi connectivity index (χ0n) is 32.9. The Balaban J connectivity index is 1.05. The Morgan fingerprint density at radius 3 is 2.53 bits per heavy atom. The molecule has 57 heavy (non-hydrogen) atoms. The number of methoxy groups -OCH3 is 2. The predicted octanol–water partition coefficient (Wildman–Crippen LogP) is 6.76. The number of anilines is 1. The van der Waals surface area contributed by atoms with Gasteiger partial charge in [0.05, 0.1) is 39.1 Å². The Hall–Kier alpha value is -4.94. The zero-order valence-corrected chi connectivity index (χ0v) is 32.9. The van der Waals surface area contributed by atoms with E-state index in [2.05, 4.69) is 54.0 Å². The number of ether oxygens (including phenoxy) is 5. The fourth-order valence-electron chi connectivity index (χ4n) is 10.4. The molecule has 11 heteroatoms. The highest BCUT2D eigenvalue weighted by Gasteiger charge is 2.45. The van der Waals surface area contributed by atoms with Gasteiger partial charge in [0, 0.05) is 58.5 Å². The van der Waals surface area contributed by atoms with E-state index >= 15 is 0 Å². The van der Waals surface area contributed by atoms with Crippen molar-refractivity contribution in [1.82, 2.24) is 5.32 Å². The number of rotatable bonds is 12. The van der Waals surface area contributed by atoms with Crippen molar-refractivity contribution in [1.29, 1.82) is 0 Å². The van der Waals surface area contributed by atoms with Crippen LogP contribution in [0.4, 0.5) is 5.69 Å². The molecule has 0 aromatic heterocycles. The van der Waals surface area contributed by atoms with Crippen molar-refractivity contribution in [3.05, 3.63) is 99.6 Å². The number of phenolic OH excluding ortho intramolecular Hbond substituents is 1. The Labute approximate surface area is 333 Å². The normalized spacial score (nSPS) is 25.2. The summed E-state index contributed by atoms with van der Waals surface area (Å²) in [5, 5.41) is 52.5. The van der Waals surface area contributed by atoms with Crippen molar-refractivity contribution >= 4 is 5.69 Å². The topological polar surface area (TPSA) is 151 Å². The molecule has 9 rings (SSSR count). The van der Waals surface area contributed by atoms with Crippen LogP contribution >= 0.6 is 0 Å². The molecule has 11 nitrogen and oxygen atoms in total. The maximum Gasteiger partial charge on any atom is 0.200 e. The molecular weight excluding hydrogens is 725 g/mol. The van der Waals surface area contributed by atoms with Crippen LogP contribution in [0, 0.1) is 11.8 Å². The minimum Gasteiger partial charge on any atom is -0.502 e. The number of hydrogen-bond donors (Lipinski definition) is 6. The predicted molar refractivity (Wildman–Crippen MR) is 216 cm³/mol. The maximum atomic E-state index is 12.4. The van der Waals surface area contributed by atoms with Gasteiger partial charge in [-0.15, -0.1) is 0 Å². The Kier molecular flexibility index (Phi) is 9.75. The van der Waals surface area contributed by atoms with Crippen molar-refractivity contribution in [2.75, 3.05) is 52.6 Å². The molecule has 0 saturated carbocycles. The monoisotopic (exact) mass is 776 g/mol. The summed E-state index contributed by atoms with van der Waals surface area (Å²) in [6.45, 7) is 5.57. The van der Waals surface area contributed by atoms with E-state index in [1.807, 2.05) is 19.1 Å². The lowest BCUT2D eigenvalue weighted by atomic mass is 9.57. The largest absolute Gasteiger partial charge is 0.502 e. The Morgan fingerprint density at radius 1 is 0.947 bits per heavy atom. The number of benzene rings is 4. The third kappa shape index (κ3) is 6.09. The number of fused-ring (bicyclic) bond motifs is 6. The van der Waals surface area contributed by atoms with Gasteiger partial charge >= 0.3 is 0 Å². The van der Waals surface area contributed by atoms with Crippen LogP contribution in [0.25, 0.3) is 11.1 Å². The molecule has 7 unspecified atom stereocenters. The first-order valence-corrected chi connectivity index (χ1v) is 20.1. The highest BCUT2D eigenvalue weighted by molar-refractivity contribution is 5.93. The van der Waals surface area contributed by atoms with Gasteiger partial charge in [0.2, 0.25) is 5.75 Å². The van der Waals surface area contributed by atoms with Crippen molar-refractivity contribution in [3.8, 4) is 45.6 Å². The molecule has 4 aromatic carbocycles. The molecule has 2 heterocycles. The number of aromatic hydroxyl groups is 1. The quantitative estimate of drug-likeness (QED) is 0.0515.